The summed E-state index contributed by atoms with van der Waals surface area (Å²) in [6.07, 6.45) is -11.5. The number of nitriles is 1. The molecule has 0 fully saturated rings. The van der Waals surface area contributed by atoms with E-state index in [4.69, 9.17) is 5.26 Å². The van der Waals surface area contributed by atoms with Crippen molar-refractivity contribution in [3.63, 3.8) is 0 Å². The number of ether oxygens (including phenoxy) is 1. The molecule has 9 heteroatoms. The molecule has 0 saturated carbocycles. The summed E-state index contributed by atoms with van der Waals surface area (Å²) in [4.78, 5) is 11.3. The molecule has 1 rings (SSSR count). The van der Waals surface area contributed by atoms with Gasteiger partial charge in [0.25, 0.3) is 0 Å². The maximum absolute atomic E-state index is 12.9. The predicted molar refractivity (Wildman–Crippen MR) is 61.5 cm³/mol. The Morgan fingerprint density at radius 1 is 1.14 bits per heavy atom. The van der Waals surface area contributed by atoms with Crippen LogP contribution in [0.3, 0.4) is 0 Å². The number of carbonyl (C=O) groups is 1. The second-order valence-electron chi connectivity index (χ2n) is 4.14. The van der Waals surface area contributed by atoms with Gasteiger partial charge in [0, 0.05) is 0 Å². The lowest BCUT2D eigenvalue weighted by Crippen LogP contribution is -2.20. The molecule has 0 saturated heterocycles. The molecule has 0 heterocycles. The fourth-order valence-corrected chi connectivity index (χ4v) is 1.79. The van der Waals surface area contributed by atoms with E-state index < -0.39 is 47.0 Å². The molecule has 3 nitrogen and oxygen atoms in total. The van der Waals surface area contributed by atoms with Crippen molar-refractivity contribution in [2.75, 3.05) is 6.61 Å². The zero-order chi connectivity index (χ0) is 17.1. The first-order valence-corrected chi connectivity index (χ1v) is 5.87. The lowest BCUT2D eigenvalue weighted by atomic mass is 9.94. The maximum atomic E-state index is 12.9. The fourth-order valence-electron chi connectivity index (χ4n) is 1.79. The van der Waals surface area contributed by atoms with E-state index in [1.165, 1.54) is 13.0 Å². The summed E-state index contributed by atoms with van der Waals surface area (Å²) >= 11 is 0. The van der Waals surface area contributed by atoms with Gasteiger partial charge < -0.3 is 4.74 Å². The molecule has 0 aliphatic heterocycles. The molecule has 22 heavy (non-hydrogen) atoms. The van der Waals surface area contributed by atoms with E-state index in [-0.39, 0.29) is 18.7 Å². The molecule has 1 aromatic rings. The standard InChI is InChI=1S/C13H9F6NO2/c1-2-22-11(21)5-8-9(12(14,15)16)3-7(6-20)4-10(8)13(17,18)19/h3-4H,2,5H2,1H3. The van der Waals surface area contributed by atoms with Gasteiger partial charge in [-0.2, -0.15) is 31.6 Å². The van der Waals surface area contributed by atoms with Crippen molar-refractivity contribution in [3.05, 3.63) is 34.4 Å². The van der Waals surface area contributed by atoms with Crippen LogP contribution in [-0.4, -0.2) is 12.6 Å². The number of alkyl halides is 6. The molecular formula is C13H9F6NO2. The highest BCUT2D eigenvalue weighted by Gasteiger charge is 2.41. The first-order valence-electron chi connectivity index (χ1n) is 5.87. The number of carbonyl (C=O) groups excluding carboxylic acids is 1. The van der Waals surface area contributed by atoms with Crippen molar-refractivity contribution in [1.82, 2.24) is 0 Å². The molecule has 0 N–H and O–H groups in total. The molecule has 0 aliphatic rings. The Hall–Kier alpha value is -2.24. The molecule has 0 spiro atoms. The molecule has 0 aliphatic carbocycles. The Morgan fingerprint density at radius 3 is 1.91 bits per heavy atom. The Kier molecular flexibility index (Phi) is 5.06. The highest BCUT2D eigenvalue weighted by molar-refractivity contribution is 5.74. The normalized spacial score (nSPS) is 11.9. The van der Waals surface area contributed by atoms with Crippen LogP contribution in [0.4, 0.5) is 26.3 Å². The van der Waals surface area contributed by atoms with Gasteiger partial charge in [-0.3, -0.25) is 4.79 Å². The topological polar surface area (TPSA) is 50.1 Å². The lowest BCUT2D eigenvalue weighted by Gasteiger charge is -2.18. The zero-order valence-electron chi connectivity index (χ0n) is 11.1. The highest BCUT2D eigenvalue weighted by Crippen LogP contribution is 2.40. The zero-order valence-corrected chi connectivity index (χ0v) is 11.1. The summed E-state index contributed by atoms with van der Waals surface area (Å²) in [5, 5.41) is 8.60. The van der Waals surface area contributed by atoms with Gasteiger partial charge in [-0.25, -0.2) is 0 Å². The number of hydrogen-bond acceptors (Lipinski definition) is 3. The Morgan fingerprint density at radius 2 is 1.59 bits per heavy atom. The Labute approximate surface area is 121 Å². The van der Waals surface area contributed by atoms with E-state index in [0.717, 1.165) is 0 Å². The third-order valence-electron chi connectivity index (χ3n) is 2.62. The summed E-state index contributed by atoms with van der Waals surface area (Å²) < 4.78 is 82.0. The van der Waals surface area contributed by atoms with E-state index >= 15 is 0 Å². The number of benzene rings is 1. The summed E-state index contributed by atoms with van der Waals surface area (Å²) in [5.41, 5.74) is -5.40. The van der Waals surface area contributed by atoms with Crippen molar-refractivity contribution in [2.24, 2.45) is 0 Å². The van der Waals surface area contributed by atoms with Crippen molar-refractivity contribution in [3.8, 4) is 6.07 Å². The van der Waals surface area contributed by atoms with E-state index in [1.807, 2.05) is 0 Å². The minimum Gasteiger partial charge on any atom is -0.466 e. The molecule has 0 amide bonds. The predicted octanol–water partition coefficient (Wildman–Crippen LogP) is 3.70. The molecular weight excluding hydrogens is 316 g/mol. The number of esters is 1. The smallest absolute Gasteiger partial charge is 0.416 e. The summed E-state index contributed by atoms with van der Waals surface area (Å²) in [7, 11) is 0. The second kappa shape index (κ2) is 6.25. The SMILES string of the molecule is CCOC(=O)Cc1c(C(F)(F)F)cc(C#N)cc1C(F)(F)F. The minimum absolute atomic E-state index is 0.183. The van der Waals surface area contributed by atoms with Gasteiger partial charge in [0.1, 0.15) is 0 Å². The van der Waals surface area contributed by atoms with E-state index in [9.17, 15) is 31.1 Å². The average molecular weight is 325 g/mol. The van der Waals surface area contributed by atoms with Gasteiger partial charge in [-0.1, -0.05) is 0 Å². The van der Waals surface area contributed by atoms with Crippen LogP contribution in [0.2, 0.25) is 0 Å². The monoisotopic (exact) mass is 325 g/mol. The van der Waals surface area contributed by atoms with Gasteiger partial charge >= 0.3 is 18.3 Å². The quantitative estimate of drug-likeness (QED) is 0.629. The number of rotatable bonds is 3. The van der Waals surface area contributed by atoms with E-state index in [0.29, 0.717) is 0 Å². The first-order chi connectivity index (χ1) is 10.0. The summed E-state index contributed by atoms with van der Waals surface area (Å²) in [6, 6.07) is 1.80. The second-order valence-corrected chi connectivity index (χ2v) is 4.14. The van der Waals surface area contributed by atoms with Crippen LogP contribution >= 0.6 is 0 Å². The Bertz CT molecular complexity index is 577. The van der Waals surface area contributed by atoms with E-state index in [2.05, 4.69) is 4.74 Å². The number of halogens is 6. The highest BCUT2D eigenvalue weighted by atomic mass is 19.4. The molecule has 120 valence electrons. The maximum Gasteiger partial charge on any atom is 0.416 e. The minimum atomic E-state index is -5.14. The van der Waals surface area contributed by atoms with Crippen molar-refractivity contribution in [2.45, 2.75) is 25.7 Å². The van der Waals surface area contributed by atoms with Gasteiger partial charge in [0.05, 0.1) is 35.8 Å². The first kappa shape index (κ1) is 17.8. The number of hydrogen-bond donors (Lipinski definition) is 0. The van der Waals surface area contributed by atoms with Crippen LogP contribution in [0.15, 0.2) is 12.1 Å². The molecule has 0 aromatic heterocycles. The van der Waals surface area contributed by atoms with Crippen LogP contribution < -0.4 is 0 Å². The third-order valence-corrected chi connectivity index (χ3v) is 2.62. The van der Waals surface area contributed by atoms with Crippen molar-refractivity contribution in [1.29, 1.82) is 5.26 Å². The van der Waals surface area contributed by atoms with Crippen LogP contribution in [-0.2, 0) is 28.3 Å². The van der Waals surface area contributed by atoms with Crippen LogP contribution in [0.5, 0.6) is 0 Å². The van der Waals surface area contributed by atoms with Crippen LogP contribution in [0, 0.1) is 11.3 Å². The van der Waals surface area contributed by atoms with Gasteiger partial charge in [0.2, 0.25) is 0 Å². The molecule has 0 unspecified atom stereocenters. The molecule has 0 atom stereocenters. The lowest BCUT2D eigenvalue weighted by molar-refractivity contribution is -0.146. The molecule has 0 radical (unpaired) electrons. The Balaban J connectivity index is 3.60. The van der Waals surface area contributed by atoms with Gasteiger partial charge in [-0.15, -0.1) is 0 Å². The number of nitrogens with zero attached hydrogens (tertiary/aromatic N) is 1. The van der Waals surface area contributed by atoms with E-state index in [1.54, 1.807) is 0 Å². The summed E-state index contributed by atoms with van der Waals surface area (Å²) in [6.45, 7) is 1.18. The molecule has 1 aromatic carbocycles. The summed E-state index contributed by atoms with van der Waals surface area (Å²) in [5.74, 6) is -1.22. The third kappa shape index (κ3) is 4.13. The van der Waals surface area contributed by atoms with Crippen molar-refractivity contribution < 1.29 is 35.9 Å². The average Bonchev–Trinajstić information content (AvgIpc) is 2.36. The van der Waals surface area contributed by atoms with Crippen LogP contribution in [0.25, 0.3) is 0 Å². The molecule has 0 bridgehead atoms. The fraction of sp³-hybridized carbons (Fsp3) is 0.385. The van der Waals surface area contributed by atoms with Gasteiger partial charge in [0.15, 0.2) is 0 Å². The van der Waals surface area contributed by atoms with Crippen molar-refractivity contribution >= 4 is 5.97 Å². The van der Waals surface area contributed by atoms with Gasteiger partial charge in [-0.05, 0) is 24.6 Å². The van der Waals surface area contributed by atoms with Crippen LogP contribution in [0.1, 0.15) is 29.2 Å². The largest absolute Gasteiger partial charge is 0.466 e.